The van der Waals surface area contributed by atoms with E-state index in [1.165, 1.54) is 26.4 Å². The molecule has 2 aromatic rings. The van der Waals surface area contributed by atoms with Crippen molar-refractivity contribution in [3.8, 4) is 11.5 Å². The van der Waals surface area contributed by atoms with E-state index >= 15 is 0 Å². The second-order valence-corrected chi connectivity index (χ2v) is 5.68. The lowest BCUT2D eigenvalue weighted by Gasteiger charge is -2.17. The van der Waals surface area contributed by atoms with Gasteiger partial charge in [0.1, 0.15) is 0 Å². The Balaban J connectivity index is 2.09. The van der Waals surface area contributed by atoms with Gasteiger partial charge in [0.2, 0.25) is 0 Å². The summed E-state index contributed by atoms with van der Waals surface area (Å²) >= 11 is 0. The zero-order chi connectivity index (χ0) is 18.0. The van der Waals surface area contributed by atoms with Gasteiger partial charge in [-0.05, 0) is 30.5 Å². The Labute approximate surface area is 144 Å². The summed E-state index contributed by atoms with van der Waals surface area (Å²) in [6.07, 6.45) is 2.86. The number of rotatable bonds is 4. The molecular weight excluding hydrogens is 322 g/mol. The van der Waals surface area contributed by atoms with Crippen LogP contribution in [0.2, 0.25) is 0 Å². The molecule has 0 aromatic heterocycles. The number of hydrogen-bond acceptors (Lipinski definition) is 5. The molecule has 0 spiro atoms. The van der Waals surface area contributed by atoms with Gasteiger partial charge in [0, 0.05) is 11.1 Å². The standard InChI is InChI=1S/C19H17NO5/c1-24-17-10-14(16(20(22)23)11-18(17)25-2)9-13-8-7-12-5-3-4-6-15(12)19(13)21/h3-6,9-11H,7-8H2,1-2H3. The van der Waals surface area contributed by atoms with Crippen molar-refractivity contribution in [1.29, 1.82) is 0 Å². The van der Waals surface area contributed by atoms with Crippen LogP contribution in [0.5, 0.6) is 11.5 Å². The number of ether oxygens (including phenoxy) is 2. The number of methoxy groups -OCH3 is 2. The molecule has 2 aromatic carbocycles. The molecule has 6 heteroatoms. The van der Waals surface area contributed by atoms with Gasteiger partial charge in [-0.2, -0.15) is 0 Å². The number of carbonyl (C=O) groups is 1. The highest BCUT2D eigenvalue weighted by molar-refractivity contribution is 6.13. The van der Waals surface area contributed by atoms with Crippen LogP contribution in [0.25, 0.3) is 6.08 Å². The van der Waals surface area contributed by atoms with Crippen molar-refractivity contribution < 1.29 is 19.2 Å². The number of nitro benzene ring substituents is 1. The third-order valence-corrected chi connectivity index (χ3v) is 4.28. The highest BCUT2D eigenvalue weighted by Crippen LogP contribution is 2.36. The summed E-state index contributed by atoms with van der Waals surface area (Å²) in [4.78, 5) is 23.6. The summed E-state index contributed by atoms with van der Waals surface area (Å²) in [5.41, 5.74) is 2.41. The highest BCUT2D eigenvalue weighted by Gasteiger charge is 2.24. The predicted octanol–water partition coefficient (Wildman–Crippen LogP) is 3.82. The summed E-state index contributed by atoms with van der Waals surface area (Å²) in [5.74, 6) is 0.561. The fraction of sp³-hybridized carbons (Fsp3) is 0.211. The number of aryl methyl sites for hydroxylation is 1. The van der Waals surface area contributed by atoms with Crippen LogP contribution in [0.4, 0.5) is 5.69 Å². The van der Waals surface area contributed by atoms with Crippen LogP contribution >= 0.6 is 0 Å². The van der Waals surface area contributed by atoms with Crippen molar-refractivity contribution in [2.75, 3.05) is 14.2 Å². The Morgan fingerprint density at radius 2 is 1.76 bits per heavy atom. The maximum Gasteiger partial charge on any atom is 0.280 e. The van der Waals surface area contributed by atoms with E-state index in [1.54, 1.807) is 12.1 Å². The van der Waals surface area contributed by atoms with Crippen LogP contribution in [-0.2, 0) is 6.42 Å². The summed E-state index contributed by atoms with van der Waals surface area (Å²) in [5, 5.41) is 11.4. The molecule has 0 atom stereocenters. The molecule has 0 N–H and O–H groups in total. The van der Waals surface area contributed by atoms with Crippen molar-refractivity contribution in [2.24, 2.45) is 0 Å². The van der Waals surface area contributed by atoms with Crippen molar-refractivity contribution in [2.45, 2.75) is 12.8 Å². The van der Waals surface area contributed by atoms with E-state index in [0.717, 1.165) is 12.0 Å². The molecule has 0 saturated carbocycles. The van der Waals surface area contributed by atoms with Crippen LogP contribution in [0, 0.1) is 10.1 Å². The van der Waals surface area contributed by atoms with Gasteiger partial charge in [-0.25, -0.2) is 0 Å². The summed E-state index contributed by atoms with van der Waals surface area (Å²) in [7, 11) is 2.88. The molecular formula is C19H17NO5. The van der Waals surface area contributed by atoms with Crippen LogP contribution < -0.4 is 9.47 Å². The fourth-order valence-corrected chi connectivity index (χ4v) is 3.00. The molecule has 0 aliphatic heterocycles. The van der Waals surface area contributed by atoms with Crippen molar-refractivity contribution in [3.05, 3.63) is 68.8 Å². The molecule has 0 heterocycles. The second-order valence-electron chi connectivity index (χ2n) is 5.68. The maximum atomic E-state index is 12.7. The third-order valence-electron chi connectivity index (χ3n) is 4.28. The molecule has 1 aliphatic rings. The van der Waals surface area contributed by atoms with Gasteiger partial charge in [0.05, 0.1) is 30.8 Å². The number of hydrogen-bond donors (Lipinski definition) is 0. The number of nitro groups is 1. The average molecular weight is 339 g/mol. The summed E-state index contributed by atoms with van der Waals surface area (Å²) in [6, 6.07) is 10.3. The number of Topliss-reactive ketones (excluding diaryl/α,β-unsaturated/α-hetero) is 1. The Bertz CT molecular complexity index is 885. The topological polar surface area (TPSA) is 78.7 Å². The van der Waals surface area contributed by atoms with E-state index in [4.69, 9.17) is 9.47 Å². The first-order chi connectivity index (χ1) is 12.0. The van der Waals surface area contributed by atoms with Crippen molar-refractivity contribution in [3.63, 3.8) is 0 Å². The van der Waals surface area contributed by atoms with Gasteiger partial charge in [-0.3, -0.25) is 14.9 Å². The molecule has 3 rings (SSSR count). The fourth-order valence-electron chi connectivity index (χ4n) is 3.00. The molecule has 0 fully saturated rings. The number of carbonyl (C=O) groups excluding carboxylic acids is 1. The number of benzene rings is 2. The van der Waals surface area contributed by atoms with E-state index < -0.39 is 4.92 Å². The number of nitrogens with zero attached hydrogens (tertiary/aromatic N) is 1. The van der Waals surface area contributed by atoms with Gasteiger partial charge >= 0.3 is 0 Å². The van der Waals surface area contributed by atoms with E-state index in [-0.39, 0.29) is 17.2 Å². The lowest BCUT2D eigenvalue weighted by Crippen LogP contribution is -2.13. The first-order valence-electron chi connectivity index (χ1n) is 7.78. The molecule has 0 radical (unpaired) electrons. The minimum Gasteiger partial charge on any atom is -0.493 e. The minimum atomic E-state index is -0.490. The Morgan fingerprint density at radius 1 is 1.08 bits per heavy atom. The molecule has 0 amide bonds. The smallest absolute Gasteiger partial charge is 0.280 e. The van der Waals surface area contributed by atoms with Crippen molar-refractivity contribution >= 4 is 17.5 Å². The molecule has 0 bridgehead atoms. The zero-order valence-electron chi connectivity index (χ0n) is 13.9. The molecule has 25 heavy (non-hydrogen) atoms. The largest absolute Gasteiger partial charge is 0.493 e. The predicted molar refractivity (Wildman–Crippen MR) is 93.3 cm³/mol. The quantitative estimate of drug-likeness (QED) is 0.480. The Kier molecular flexibility index (Phi) is 4.52. The minimum absolute atomic E-state index is 0.0917. The Hall–Kier alpha value is -3.15. The molecule has 0 saturated heterocycles. The number of fused-ring (bicyclic) bond motifs is 1. The Morgan fingerprint density at radius 3 is 2.44 bits per heavy atom. The SMILES string of the molecule is COc1cc(C=C2CCc3ccccc3C2=O)c([N+](=O)[O-])cc1OC. The van der Waals surface area contributed by atoms with Crippen LogP contribution in [0.1, 0.15) is 27.9 Å². The van der Waals surface area contributed by atoms with Gasteiger partial charge in [-0.15, -0.1) is 0 Å². The number of allylic oxidation sites excluding steroid dienone is 1. The third kappa shape index (κ3) is 3.10. The van der Waals surface area contributed by atoms with Crippen LogP contribution in [0.3, 0.4) is 0 Å². The van der Waals surface area contributed by atoms with Crippen LogP contribution in [-0.4, -0.2) is 24.9 Å². The van der Waals surface area contributed by atoms with E-state index in [0.29, 0.717) is 28.9 Å². The second kappa shape index (κ2) is 6.76. The van der Waals surface area contributed by atoms with Crippen molar-refractivity contribution in [1.82, 2.24) is 0 Å². The molecule has 1 aliphatic carbocycles. The van der Waals surface area contributed by atoms with Gasteiger partial charge in [-0.1, -0.05) is 24.3 Å². The molecule has 6 nitrogen and oxygen atoms in total. The summed E-state index contributed by atoms with van der Waals surface area (Å²) in [6.45, 7) is 0. The van der Waals surface area contributed by atoms with E-state index in [2.05, 4.69) is 0 Å². The summed E-state index contributed by atoms with van der Waals surface area (Å²) < 4.78 is 10.3. The van der Waals surface area contributed by atoms with E-state index in [9.17, 15) is 14.9 Å². The monoisotopic (exact) mass is 339 g/mol. The lowest BCUT2D eigenvalue weighted by atomic mass is 9.86. The maximum absolute atomic E-state index is 12.7. The lowest BCUT2D eigenvalue weighted by molar-refractivity contribution is -0.385. The van der Waals surface area contributed by atoms with Gasteiger partial charge in [0.15, 0.2) is 17.3 Å². The first kappa shape index (κ1) is 16.7. The normalized spacial score (nSPS) is 15.0. The van der Waals surface area contributed by atoms with E-state index in [1.807, 2.05) is 18.2 Å². The van der Waals surface area contributed by atoms with Gasteiger partial charge in [0.25, 0.3) is 5.69 Å². The number of ketones is 1. The molecule has 128 valence electrons. The first-order valence-corrected chi connectivity index (χ1v) is 7.78. The van der Waals surface area contributed by atoms with Crippen LogP contribution in [0.15, 0.2) is 42.0 Å². The average Bonchev–Trinajstić information content (AvgIpc) is 2.63. The molecule has 0 unspecified atom stereocenters. The highest BCUT2D eigenvalue weighted by atomic mass is 16.6. The zero-order valence-corrected chi connectivity index (χ0v) is 13.9. The van der Waals surface area contributed by atoms with Gasteiger partial charge < -0.3 is 9.47 Å².